The van der Waals surface area contributed by atoms with E-state index in [0.29, 0.717) is 37.9 Å². The zero-order valence-electron chi connectivity index (χ0n) is 18.1. The van der Waals surface area contributed by atoms with Gasteiger partial charge < -0.3 is 25.0 Å². The minimum atomic E-state index is -0.526. The number of hydrogen-bond donors (Lipinski definition) is 2. The molecule has 2 aliphatic heterocycles. The number of para-hydroxylation sites is 1. The van der Waals surface area contributed by atoms with Gasteiger partial charge in [-0.15, -0.1) is 0 Å². The van der Waals surface area contributed by atoms with Crippen LogP contribution in [0.25, 0.3) is 0 Å². The molecular weight excluding hydrogens is 408 g/mol. The zero-order valence-corrected chi connectivity index (χ0v) is 18.1. The Kier molecular flexibility index (Phi) is 7.34. The lowest BCUT2D eigenvalue weighted by molar-refractivity contribution is -0.140. The molecule has 2 fully saturated rings. The van der Waals surface area contributed by atoms with Gasteiger partial charge >= 0.3 is 0 Å². The Bertz CT molecular complexity index is 887. The average Bonchev–Trinajstić information content (AvgIpc) is 2.86. The number of carbonyl (C=O) groups is 2. The van der Waals surface area contributed by atoms with E-state index in [1.807, 2.05) is 23.1 Å². The summed E-state index contributed by atoms with van der Waals surface area (Å²) in [6, 6.07) is 13.2. The highest BCUT2D eigenvalue weighted by Crippen LogP contribution is 2.24. The van der Waals surface area contributed by atoms with Gasteiger partial charge in [0, 0.05) is 49.8 Å². The molecule has 3 heterocycles. The van der Waals surface area contributed by atoms with Crippen LogP contribution in [0.4, 0.5) is 5.69 Å². The van der Waals surface area contributed by atoms with Crippen LogP contribution in [0.1, 0.15) is 29.6 Å². The maximum atomic E-state index is 12.8. The normalized spacial score (nSPS) is 23.6. The molecule has 2 N–H and O–H groups in total. The van der Waals surface area contributed by atoms with Crippen molar-refractivity contribution in [2.24, 2.45) is 0 Å². The van der Waals surface area contributed by atoms with Crippen LogP contribution in [0, 0.1) is 0 Å². The van der Waals surface area contributed by atoms with Crippen LogP contribution in [0.3, 0.4) is 0 Å². The van der Waals surface area contributed by atoms with E-state index in [1.54, 1.807) is 24.5 Å². The molecule has 2 aromatic rings. The molecule has 4 rings (SSSR count). The molecule has 1 aromatic carbocycles. The minimum Gasteiger partial charge on any atom is -0.394 e. The Morgan fingerprint density at radius 3 is 2.44 bits per heavy atom. The van der Waals surface area contributed by atoms with Gasteiger partial charge in [-0.25, -0.2) is 0 Å². The first kappa shape index (κ1) is 22.2. The lowest BCUT2D eigenvalue weighted by Gasteiger charge is -2.39. The third-order valence-electron chi connectivity index (χ3n) is 6.21. The fraction of sp³-hybridized carbons (Fsp3) is 0.458. The van der Waals surface area contributed by atoms with E-state index in [4.69, 9.17) is 4.74 Å². The number of rotatable bonds is 6. The van der Waals surface area contributed by atoms with Gasteiger partial charge in [0.2, 0.25) is 5.91 Å². The van der Waals surface area contributed by atoms with E-state index < -0.39 is 6.10 Å². The van der Waals surface area contributed by atoms with Gasteiger partial charge in [-0.05, 0) is 37.1 Å². The highest BCUT2D eigenvalue weighted by Gasteiger charge is 2.34. The highest BCUT2D eigenvalue weighted by atomic mass is 16.5. The van der Waals surface area contributed by atoms with E-state index in [-0.39, 0.29) is 30.6 Å². The molecule has 0 radical (unpaired) electrons. The lowest BCUT2D eigenvalue weighted by atomic mass is 9.96. The number of nitrogens with one attached hydrogen (secondary N) is 1. The zero-order chi connectivity index (χ0) is 22.3. The molecule has 1 aromatic heterocycles. The summed E-state index contributed by atoms with van der Waals surface area (Å²) in [7, 11) is 0. The van der Waals surface area contributed by atoms with Crippen molar-refractivity contribution in [2.75, 3.05) is 37.7 Å². The number of hydrogen-bond acceptors (Lipinski definition) is 6. The van der Waals surface area contributed by atoms with Crippen LogP contribution >= 0.6 is 0 Å². The van der Waals surface area contributed by atoms with Crippen LogP contribution in [0.2, 0.25) is 0 Å². The third kappa shape index (κ3) is 5.44. The van der Waals surface area contributed by atoms with Gasteiger partial charge in [0.1, 0.15) is 6.10 Å². The number of pyridine rings is 1. The quantitative estimate of drug-likeness (QED) is 0.709. The van der Waals surface area contributed by atoms with Gasteiger partial charge in [-0.2, -0.15) is 0 Å². The van der Waals surface area contributed by atoms with Crippen molar-refractivity contribution in [1.29, 1.82) is 0 Å². The Balaban J connectivity index is 1.25. The number of amides is 2. The fourth-order valence-electron chi connectivity index (χ4n) is 4.38. The maximum Gasteiger partial charge on any atom is 0.251 e. The second-order valence-electron chi connectivity index (χ2n) is 8.28. The molecule has 2 amide bonds. The standard InChI is InChI=1S/C24H30N4O4/c29-17-22-21(26-24(31)18-8-10-25-11-9-18)7-6-20(32-22)16-23(30)28-14-12-27(13-15-28)19-4-2-1-3-5-19/h1-5,8-11,20-22,29H,6-7,12-17H2,(H,26,31)/t20-,21+,22+/m0/s1. The number of ether oxygens (including phenoxy) is 1. The number of piperazine rings is 1. The first-order valence-electron chi connectivity index (χ1n) is 11.2. The summed E-state index contributed by atoms with van der Waals surface area (Å²) in [5.74, 6) is -0.135. The first-order chi connectivity index (χ1) is 15.6. The first-order valence-corrected chi connectivity index (χ1v) is 11.2. The molecule has 32 heavy (non-hydrogen) atoms. The predicted molar refractivity (Wildman–Crippen MR) is 120 cm³/mol. The molecule has 0 aliphatic carbocycles. The molecule has 0 bridgehead atoms. The largest absolute Gasteiger partial charge is 0.394 e. The Labute approximate surface area is 188 Å². The van der Waals surface area contributed by atoms with E-state index in [2.05, 4.69) is 27.3 Å². The van der Waals surface area contributed by atoms with Gasteiger partial charge in [-0.3, -0.25) is 14.6 Å². The molecule has 8 nitrogen and oxygen atoms in total. The monoisotopic (exact) mass is 438 g/mol. The summed E-state index contributed by atoms with van der Waals surface area (Å²) in [5.41, 5.74) is 1.70. The number of nitrogens with zero attached hydrogens (tertiary/aromatic N) is 3. The fourth-order valence-corrected chi connectivity index (χ4v) is 4.38. The summed E-state index contributed by atoms with van der Waals surface area (Å²) in [4.78, 5) is 33.4. The SMILES string of the molecule is O=C(N[C@@H]1CC[C@@H](CC(=O)N2CCN(c3ccccc3)CC2)O[C@@H]1CO)c1ccncc1. The molecule has 8 heteroatoms. The maximum absolute atomic E-state index is 12.8. The molecule has 0 saturated carbocycles. The van der Waals surface area contributed by atoms with E-state index in [1.165, 1.54) is 5.69 Å². The minimum absolute atomic E-state index is 0.0821. The number of aliphatic hydroxyl groups is 1. The van der Waals surface area contributed by atoms with Crippen molar-refractivity contribution in [3.63, 3.8) is 0 Å². The van der Waals surface area contributed by atoms with Crippen LogP contribution in [0.15, 0.2) is 54.9 Å². The second-order valence-corrected chi connectivity index (χ2v) is 8.28. The van der Waals surface area contributed by atoms with Crippen molar-refractivity contribution in [1.82, 2.24) is 15.2 Å². The smallest absolute Gasteiger partial charge is 0.251 e. The molecule has 2 saturated heterocycles. The lowest BCUT2D eigenvalue weighted by Crippen LogP contribution is -2.52. The number of aromatic nitrogens is 1. The van der Waals surface area contributed by atoms with Gasteiger partial charge in [0.25, 0.3) is 5.91 Å². The molecule has 0 unspecified atom stereocenters. The van der Waals surface area contributed by atoms with Gasteiger partial charge in [0.05, 0.1) is 25.2 Å². The van der Waals surface area contributed by atoms with Crippen LogP contribution in [-0.4, -0.2) is 77.8 Å². The summed E-state index contributed by atoms with van der Waals surface area (Å²) in [6.45, 7) is 2.79. The highest BCUT2D eigenvalue weighted by molar-refractivity contribution is 5.94. The van der Waals surface area contributed by atoms with Crippen LogP contribution < -0.4 is 10.2 Å². The summed E-state index contributed by atoms with van der Waals surface area (Å²) in [5, 5.41) is 12.7. The van der Waals surface area contributed by atoms with Crippen molar-refractivity contribution in [3.8, 4) is 0 Å². The molecule has 170 valence electrons. The van der Waals surface area contributed by atoms with Crippen molar-refractivity contribution in [3.05, 3.63) is 60.4 Å². The van der Waals surface area contributed by atoms with Crippen molar-refractivity contribution < 1.29 is 19.4 Å². The molecule has 2 aliphatic rings. The van der Waals surface area contributed by atoms with Gasteiger partial charge in [0.15, 0.2) is 0 Å². The van der Waals surface area contributed by atoms with E-state index in [9.17, 15) is 14.7 Å². The van der Waals surface area contributed by atoms with Crippen LogP contribution in [0.5, 0.6) is 0 Å². The number of aliphatic hydroxyl groups excluding tert-OH is 1. The Hall–Kier alpha value is -2.97. The predicted octanol–water partition coefficient (Wildman–Crippen LogP) is 1.46. The second kappa shape index (κ2) is 10.6. The number of benzene rings is 1. The Morgan fingerprint density at radius 2 is 1.75 bits per heavy atom. The van der Waals surface area contributed by atoms with Crippen molar-refractivity contribution in [2.45, 2.75) is 37.5 Å². The number of anilines is 1. The summed E-state index contributed by atoms with van der Waals surface area (Å²) < 4.78 is 6.00. The van der Waals surface area contributed by atoms with E-state index >= 15 is 0 Å². The summed E-state index contributed by atoms with van der Waals surface area (Å²) >= 11 is 0. The topological polar surface area (TPSA) is 95.0 Å². The summed E-state index contributed by atoms with van der Waals surface area (Å²) in [6.07, 6.45) is 3.97. The van der Waals surface area contributed by atoms with Crippen LogP contribution in [-0.2, 0) is 9.53 Å². The molecule has 3 atom stereocenters. The van der Waals surface area contributed by atoms with Crippen molar-refractivity contribution >= 4 is 17.5 Å². The molecule has 0 spiro atoms. The van der Waals surface area contributed by atoms with E-state index in [0.717, 1.165) is 13.1 Å². The molecular formula is C24H30N4O4. The third-order valence-corrected chi connectivity index (χ3v) is 6.21. The van der Waals surface area contributed by atoms with Gasteiger partial charge in [-0.1, -0.05) is 18.2 Å². The Morgan fingerprint density at radius 1 is 1.03 bits per heavy atom. The average molecular weight is 439 g/mol. The number of carbonyl (C=O) groups excluding carboxylic acids is 2.